The molecule has 0 heterocycles. The number of para-hydroxylation sites is 1. The Balaban J connectivity index is 2.27. The van der Waals surface area contributed by atoms with Crippen molar-refractivity contribution in [1.82, 2.24) is 0 Å². The molecular formula is C15H20O3. The van der Waals surface area contributed by atoms with Crippen LogP contribution in [0.25, 0.3) is 0 Å². The van der Waals surface area contributed by atoms with E-state index in [1.54, 1.807) is 7.11 Å². The van der Waals surface area contributed by atoms with Gasteiger partial charge in [0.25, 0.3) is 0 Å². The van der Waals surface area contributed by atoms with Crippen molar-refractivity contribution in [1.29, 1.82) is 0 Å². The maximum Gasteiger partial charge on any atom is 0.309 e. The normalized spacial score (nSPS) is 27.1. The molecule has 98 valence electrons. The van der Waals surface area contributed by atoms with Gasteiger partial charge < -0.3 is 9.84 Å². The lowest BCUT2D eigenvalue weighted by atomic mass is 9.79. The van der Waals surface area contributed by atoms with Crippen LogP contribution in [0.5, 0.6) is 5.75 Å². The SMILES string of the molecule is COc1ccccc1CC1(C(=O)O)CCC(C)C1. The summed E-state index contributed by atoms with van der Waals surface area (Å²) >= 11 is 0. The Bertz CT molecular complexity index is 441. The summed E-state index contributed by atoms with van der Waals surface area (Å²) in [6, 6.07) is 7.70. The Kier molecular flexibility index (Phi) is 3.60. The van der Waals surface area contributed by atoms with Gasteiger partial charge in [0.2, 0.25) is 0 Å². The molecule has 1 aliphatic rings. The number of benzene rings is 1. The molecule has 2 unspecified atom stereocenters. The first-order valence-corrected chi connectivity index (χ1v) is 6.43. The maximum atomic E-state index is 11.6. The second-order valence-electron chi connectivity index (χ2n) is 5.42. The lowest BCUT2D eigenvalue weighted by molar-refractivity contribution is -0.148. The summed E-state index contributed by atoms with van der Waals surface area (Å²) in [4.78, 5) is 11.6. The predicted molar refractivity (Wildman–Crippen MR) is 69.8 cm³/mol. The Morgan fingerprint density at radius 3 is 2.78 bits per heavy atom. The zero-order valence-electron chi connectivity index (χ0n) is 11.0. The molecule has 0 bridgehead atoms. The second-order valence-corrected chi connectivity index (χ2v) is 5.42. The van der Waals surface area contributed by atoms with E-state index in [0.717, 1.165) is 30.6 Å². The molecule has 1 saturated carbocycles. The second kappa shape index (κ2) is 5.01. The molecule has 1 aromatic rings. The lowest BCUT2D eigenvalue weighted by Crippen LogP contribution is -2.30. The molecule has 3 heteroatoms. The van der Waals surface area contributed by atoms with Crippen LogP contribution in [0.3, 0.4) is 0 Å². The van der Waals surface area contributed by atoms with E-state index in [9.17, 15) is 9.90 Å². The number of carboxylic acids is 1. The Labute approximate surface area is 108 Å². The Hall–Kier alpha value is -1.51. The molecular weight excluding hydrogens is 228 g/mol. The highest BCUT2D eigenvalue weighted by atomic mass is 16.5. The average molecular weight is 248 g/mol. The number of hydrogen-bond acceptors (Lipinski definition) is 2. The van der Waals surface area contributed by atoms with Crippen molar-refractivity contribution >= 4 is 5.97 Å². The van der Waals surface area contributed by atoms with Crippen LogP contribution in [0, 0.1) is 11.3 Å². The summed E-state index contributed by atoms with van der Waals surface area (Å²) < 4.78 is 5.31. The van der Waals surface area contributed by atoms with Crippen LogP contribution in [-0.2, 0) is 11.2 Å². The van der Waals surface area contributed by atoms with Gasteiger partial charge in [0.15, 0.2) is 0 Å². The van der Waals surface area contributed by atoms with Crippen molar-refractivity contribution in [3.05, 3.63) is 29.8 Å². The lowest BCUT2D eigenvalue weighted by Gasteiger charge is -2.25. The van der Waals surface area contributed by atoms with Gasteiger partial charge in [-0.15, -0.1) is 0 Å². The summed E-state index contributed by atoms with van der Waals surface area (Å²) in [5.41, 5.74) is 0.394. The van der Waals surface area contributed by atoms with Crippen molar-refractivity contribution in [3.8, 4) is 5.75 Å². The molecule has 1 aromatic carbocycles. The van der Waals surface area contributed by atoms with Crippen molar-refractivity contribution in [2.45, 2.75) is 32.6 Å². The fourth-order valence-corrected chi connectivity index (χ4v) is 3.04. The minimum Gasteiger partial charge on any atom is -0.496 e. The Morgan fingerprint density at radius 1 is 1.50 bits per heavy atom. The average Bonchev–Trinajstić information content (AvgIpc) is 2.73. The Morgan fingerprint density at radius 2 is 2.22 bits per heavy atom. The molecule has 1 aliphatic carbocycles. The molecule has 0 amide bonds. The highest BCUT2D eigenvalue weighted by molar-refractivity contribution is 5.75. The first-order valence-electron chi connectivity index (χ1n) is 6.43. The molecule has 0 aliphatic heterocycles. The summed E-state index contributed by atoms with van der Waals surface area (Å²) in [6.45, 7) is 2.13. The molecule has 1 N–H and O–H groups in total. The number of methoxy groups -OCH3 is 1. The quantitative estimate of drug-likeness (QED) is 0.890. The predicted octanol–water partition coefficient (Wildman–Crippen LogP) is 3.13. The van der Waals surface area contributed by atoms with Crippen LogP contribution in [0.4, 0.5) is 0 Å². The number of rotatable bonds is 4. The molecule has 0 radical (unpaired) electrons. The summed E-state index contributed by atoms with van der Waals surface area (Å²) in [7, 11) is 1.63. The number of hydrogen-bond donors (Lipinski definition) is 1. The molecule has 1 fully saturated rings. The van der Waals surface area contributed by atoms with Gasteiger partial charge in [0.1, 0.15) is 5.75 Å². The minimum atomic E-state index is -0.669. The van der Waals surface area contributed by atoms with Gasteiger partial charge >= 0.3 is 5.97 Å². The molecule has 0 aromatic heterocycles. The van der Waals surface area contributed by atoms with Gasteiger partial charge in [-0.05, 0) is 43.2 Å². The molecule has 0 saturated heterocycles. The van der Waals surface area contributed by atoms with E-state index in [1.165, 1.54) is 0 Å². The third-order valence-corrected chi connectivity index (χ3v) is 4.03. The van der Waals surface area contributed by atoms with Crippen LogP contribution in [-0.4, -0.2) is 18.2 Å². The topological polar surface area (TPSA) is 46.5 Å². The molecule has 2 atom stereocenters. The number of carboxylic acid groups (broad SMARTS) is 1. The van der Waals surface area contributed by atoms with Gasteiger partial charge in [-0.2, -0.15) is 0 Å². The van der Waals surface area contributed by atoms with E-state index in [0.29, 0.717) is 12.3 Å². The molecule has 18 heavy (non-hydrogen) atoms. The van der Waals surface area contributed by atoms with E-state index in [-0.39, 0.29) is 0 Å². The fraction of sp³-hybridized carbons (Fsp3) is 0.533. The standard InChI is InChI=1S/C15H20O3/c1-11-7-8-15(9-11,14(16)17)10-12-5-3-4-6-13(12)18-2/h3-6,11H,7-10H2,1-2H3,(H,16,17). The third kappa shape index (κ3) is 2.35. The largest absolute Gasteiger partial charge is 0.496 e. The monoisotopic (exact) mass is 248 g/mol. The first-order chi connectivity index (χ1) is 8.57. The molecule has 0 spiro atoms. The first kappa shape index (κ1) is 12.9. The van der Waals surface area contributed by atoms with Crippen molar-refractivity contribution in [2.75, 3.05) is 7.11 Å². The van der Waals surface area contributed by atoms with Crippen LogP contribution >= 0.6 is 0 Å². The van der Waals surface area contributed by atoms with Crippen molar-refractivity contribution in [3.63, 3.8) is 0 Å². The van der Waals surface area contributed by atoms with Gasteiger partial charge in [-0.25, -0.2) is 0 Å². The summed E-state index contributed by atoms with van der Waals surface area (Å²) in [6.07, 6.45) is 3.10. The van der Waals surface area contributed by atoms with E-state index in [1.807, 2.05) is 24.3 Å². The third-order valence-electron chi connectivity index (χ3n) is 4.03. The number of carbonyl (C=O) groups is 1. The smallest absolute Gasteiger partial charge is 0.309 e. The van der Waals surface area contributed by atoms with Crippen LogP contribution < -0.4 is 4.74 Å². The maximum absolute atomic E-state index is 11.6. The van der Waals surface area contributed by atoms with Gasteiger partial charge in [-0.3, -0.25) is 4.79 Å². The highest BCUT2D eigenvalue weighted by Crippen LogP contribution is 2.45. The molecule has 3 nitrogen and oxygen atoms in total. The highest BCUT2D eigenvalue weighted by Gasteiger charge is 2.44. The zero-order valence-corrected chi connectivity index (χ0v) is 11.0. The summed E-state index contributed by atoms with van der Waals surface area (Å²) in [5, 5.41) is 9.57. The van der Waals surface area contributed by atoms with Crippen LogP contribution in [0.2, 0.25) is 0 Å². The van der Waals surface area contributed by atoms with Crippen molar-refractivity contribution in [2.24, 2.45) is 11.3 Å². The van der Waals surface area contributed by atoms with Crippen LogP contribution in [0.1, 0.15) is 31.7 Å². The number of ether oxygens (including phenoxy) is 1. The van der Waals surface area contributed by atoms with E-state index < -0.39 is 11.4 Å². The fourth-order valence-electron chi connectivity index (χ4n) is 3.04. The van der Waals surface area contributed by atoms with Crippen molar-refractivity contribution < 1.29 is 14.6 Å². The summed E-state index contributed by atoms with van der Waals surface area (Å²) in [5.74, 6) is 0.617. The van der Waals surface area contributed by atoms with E-state index >= 15 is 0 Å². The zero-order chi connectivity index (χ0) is 13.2. The van der Waals surface area contributed by atoms with E-state index in [2.05, 4.69) is 6.92 Å². The number of aliphatic carboxylic acids is 1. The van der Waals surface area contributed by atoms with Gasteiger partial charge in [-0.1, -0.05) is 25.1 Å². The van der Waals surface area contributed by atoms with Gasteiger partial charge in [0, 0.05) is 0 Å². The van der Waals surface area contributed by atoms with Crippen LogP contribution in [0.15, 0.2) is 24.3 Å². The van der Waals surface area contributed by atoms with E-state index in [4.69, 9.17) is 4.74 Å². The molecule has 2 rings (SSSR count). The minimum absolute atomic E-state index is 0.496. The van der Waals surface area contributed by atoms with Gasteiger partial charge in [0.05, 0.1) is 12.5 Å².